The molecular formula is C24H47NO2. The molecule has 0 aromatic heterocycles. The Hall–Kier alpha value is -0.860. The van der Waals surface area contributed by atoms with Crippen LogP contribution < -0.4 is 5.32 Å². The summed E-state index contributed by atoms with van der Waals surface area (Å²) >= 11 is 0. The minimum Gasteiger partial charge on any atom is -0.345 e. The molecule has 0 saturated carbocycles. The fraction of sp³-hybridized carbons (Fsp3) is 0.917. The molecule has 0 radical (unpaired) electrons. The quantitative estimate of drug-likeness (QED) is 0.231. The highest BCUT2D eigenvalue weighted by atomic mass is 16.2. The second kappa shape index (κ2) is 14.2. The molecule has 0 saturated heterocycles. The fourth-order valence-electron chi connectivity index (χ4n) is 3.35. The molecule has 0 fully saturated rings. The van der Waals surface area contributed by atoms with Crippen molar-refractivity contribution in [1.29, 1.82) is 0 Å². The number of carbonyl (C=O) groups is 2. The molecule has 3 nitrogen and oxygen atoms in total. The molecule has 0 heterocycles. The van der Waals surface area contributed by atoms with Gasteiger partial charge in [0.2, 0.25) is 5.78 Å². The molecule has 27 heavy (non-hydrogen) atoms. The maximum Gasteiger partial charge on any atom is 0.288 e. The minimum absolute atomic E-state index is 0.310. The Morgan fingerprint density at radius 2 is 1.00 bits per heavy atom. The third-order valence-electron chi connectivity index (χ3n) is 5.24. The van der Waals surface area contributed by atoms with Gasteiger partial charge < -0.3 is 5.32 Å². The van der Waals surface area contributed by atoms with Gasteiger partial charge in [0, 0.05) is 11.0 Å². The lowest BCUT2D eigenvalue weighted by Crippen LogP contribution is -2.49. The van der Waals surface area contributed by atoms with Crippen LogP contribution in [-0.4, -0.2) is 17.2 Å². The first-order valence-corrected chi connectivity index (χ1v) is 11.5. The zero-order chi connectivity index (χ0) is 20.8. The summed E-state index contributed by atoms with van der Waals surface area (Å²) in [6.07, 6.45) is 18.4. The second-order valence-corrected chi connectivity index (χ2v) is 9.91. The predicted octanol–water partition coefficient (Wildman–Crippen LogP) is 6.98. The molecule has 0 bridgehead atoms. The van der Waals surface area contributed by atoms with Crippen LogP contribution in [-0.2, 0) is 9.59 Å². The maximum absolute atomic E-state index is 12.1. The molecule has 3 heteroatoms. The molecule has 1 N–H and O–H groups in total. The van der Waals surface area contributed by atoms with E-state index in [1.54, 1.807) is 20.8 Å². The van der Waals surface area contributed by atoms with Crippen molar-refractivity contribution in [3.05, 3.63) is 0 Å². The number of hydrogen-bond donors (Lipinski definition) is 1. The van der Waals surface area contributed by atoms with E-state index in [0.29, 0.717) is 0 Å². The Morgan fingerprint density at radius 3 is 1.37 bits per heavy atom. The largest absolute Gasteiger partial charge is 0.345 e. The molecule has 0 aromatic carbocycles. The molecule has 160 valence electrons. The van der Waals surface area contributed by atoms with E-state index >= 15 is 0 Å². The fourth-order valence-corrected chi connectivity index (χ4v) is 3.35. The summed E-state index contributed by atoms with van der Waals surface area (Å²) in [7, 11) is 0. The Labute approximate surface area is 169 Å². The first kappa shape index (κ1) is 26.1. The van der Waals surface area contributed by atoms with Gasteiger partial charge in [-0.05, 0) is 20.3 Å². The Morgan fingerprint density at radius 1 is 0.630 bits per heavy atom. The molecule has 0 spiro atoms. The van der Waals surface area contributed by atoms with Crippen molar-refractivity contribution in [3.8, 4) is 0 Å². The highest BCUT2D eigenvalue weighted by molar-refractivity contribution is 6.38. The lowest BCUT2D eigenvalue weighted by atomic mass is 9.89. The van der Waals surface area contributed by atoms with Gasteiger partial charge >= 0.3 is 0 Å². The molecule has 0 aliphatic rings. The number of unbranched alkanes of at least 4 members (excludes halogenated alkanes) is 12. The molecule has 0 aliphatic heterocycles. The van der Waals surface area contributed by atoms with Gasteiger partial charge in [0.15, 0.2) is 0 Å². The van der Waals surface area contributed by atoms with E-state index in [1.165, 1.54) is 77.0 Å². The molecule has 0 aromatic rings. The Bertz CT molecular complexity index is 407. The van der Waals surface area contributed by atoms with Crippen LogP contribution in [0, 0.1) is 5.41 Å². The first-order valence-electron chi connectivity index (χ1n) is 11.5. The highest BCUT2D eigenvalue weighted by Crippen LogP contribution is 2.19. The zero-order valence-corrected chi connectivity index (χ0v) is 19.2. The van der Waals surface area contributed by atoms with Gasteiger partial charge in [-0.1, -0.05) is 111 Å². The number of carbonyl (C=O) groups excluding carboxylic acids is 2. The van der Waals surface area contributed by atoms with Crippen molar-refractivity contribution in [2.75, 3.05) is 0 Å². The third-order valence-corrected chi connectivity index (χ3v) is 5.24. The Kier molecular flexibility index (Phi) is 13.7. The standard InChI is InChI=1S/C24H47NO2/c1-7-8-9-10-11-12-13-14-15-16-17-18-19-20-24(5,6)25-22(27)21(26)23(2,3)4/h7-20H2,1-6H3,(H,25,27). The van der Waals surface area contributed by atoms with E-state index in [-0.39, 0.29) is 11.3 Å². The molecule has 0 rings (SSSR count). The number of Topliss-reactive ketones (excluding diaryl/α,β-unsaturated/α-hetero) is 1. The van der Waals surface area contributed by atoms with E-state index in [9.17, 15) is 9.59 Å². The van der Waals surface area contributed by atoms with Gasteiger partial charge in [-0.2, -0.15) is 0 Å². The lowest BCUT2D eigenvalue weighted by molar-refractivity contribution is -0.143. The van der Waals surface area contributed by atoms with Crippen molar-refractivity contribution >= 4 is 11.7 Å². The topological polar surface area (TPSA) is 46.2 Å². The average Bonchev–Trinajstić information content (AvgIpc) is 2.57. The number of ketones is 1. The van der Waals surface area contributed by atoms with Crippen LogP contribution in [0.25, 0.3) is 0 Å². The van der Waals surface area contributed by atoms with Gasteiger partial charge in [0.25, 0.3) is 5.91 Å². The van der Waals surface area contributed by atoms with Crippen LogP contribution in [0.5, 0.6) is 0 Å². The molecule has 0 unspecified atom stereocenters. The molecule has 1 amide bonds. The number of hydrogen-bond acceptors (Lipinski definition) is 2. The summed E-state index contributed by atoms with van der Waals surface area (Å²) in [6, 6.07) is 0. The van der Waals surface area contributed by atoms with Crippen molar-refractivity contribution in [1.82, 2.24) is 5.32 Å². The van der Waals surface area contributed by atoms with Crippen molar-refractivity contribution in [2.45, 2.75) is 137 Å². The monoisotopic (exact) mass is 381 g/mol. The highest BCUT2D eigenvalue weighted by Gasteiger charge is 2.31. The van der Waals surface area contributed by atoms with Crippen molar-refractivity contribution in [3.63, 3.8) is 0 Å². The SMILES string of the molecule is CCCCCCCCCCCCCCCC(C)(C)NC(=O)C(=O)C(C)(C)C. The minimum atomic E-state index is -0.615. The summed E-state index contributed by atoms with van der Waals surface area (Å²) in [5, 5.41) is 2.92. The van der Waals surface area contributed by atoms with Crippen LogP contribution >= 0.6 is 0 Å². The van der Waals surface area contributed by atoms with E-state index in [0.717, 1.165) is 12.8 Å². The third kappa shape index (κ3) is 14.8. The van der Waals surface area contributed by atoms with Gasteiger partial charge in [0.05, 0.1) is 0 Å². The van der Waals surface area contributed by atoms with Gasteiger partial charge in [0.1, 0.15) is 0 Å². The second-order valence-electron chi connectivity index (χ2n) is 9.91. The average molecular weight is 382 g/mol. The van der Waals surface area contributed by atoms with Gasteiger partial charge in [-0.15, -0.1) is 0 Å². The van der Waals surface area contributed by atoms with Gasteiger partial charge in [-0.25, -0.2) is 0 Å². The van der Waals surface area contributed by atoms with E-state index < -0.39 is 11.3 Å². The summed E-state index contributed by atoms with van der Waals surface area (Å²) < 4.78 is 0. The van der Waals surface area contributed by atoms with E-state index in [2.05, 4.69) is 12.2 Å². The summed E-state index contributed by atoms with van der Waals surface area (Å²) in [4.78, 5) is 24.1. The summed E-state index contributed by atoms with van der Waals surface area (Å²) in [5.41, 5.74) is -0.925. The lowest BCUT2D eigenvalue weighted by Gasteiger charge is -2.27. The van der Waals surface area contributed by atoms with Crippen LogP contribution in [0.1, 0.15) is 131 Å². The van der Waals surface area contributed by atoms with E-state index in [1.807, 2.05) is 13.8 Å². The smallest absolute Gasteiger partial charge is 0.288 e. The van der Waals surface area contributed by atoms with E-state index in [4.69, 9.17) is 0 Å². The number of amides is 1. The molecular weight excluding hydrogens is 334 g/mol. The molecule has 0 aliphatic carbocycles. The summed E-state index contributed by atoms with van der Waals surface area (Å²) in [5.74, 6) is -0.775. The Balaban J connectivity index is 3.63. The van der Waals surface area contributed by atoms with Crippen LogP contribution in [0.4, 0.5) is 0 Å². The van der Waals surface area contributed by atoms with Crippen LogP contribution in [0.15, 0.2) is 0 Å². The van der Waals surface area contributed by atoms with Gasteiger partial charge in [-0.3, -0.25) is 9.59 Å². The zero-order valence-electron chi connectivity index (χ0n) is 19.2. The number of nitrogens with one attached hydrogen (secondary N) is 1. The van der Waals surface area contributed by atoms with Crippen LogP contribution in [0.3, 0.4) is 0 Å². The van der Waals surface area contributed by atoms with Crippen molar-refractivity contribution < 1.29 is 9.59 Å². The normalized spacial score (nSPS) is 12.2. The first-order chi connectivity index (χ1) is 12.6. The summed E-state index contributed by atoms with van der Waals surface area (Å²) in [6.45, 7) is 11.7. The number of rotatable bonds is 16. The van der Waals surface area contributed by atoms with Crippen LogP contribution in [0.2, 0.25) is 0 Å². The molecule has 0 atom stereocenters. The predicted molar refractivity (Wildman–Crippen MR) is 117 cm³/mol. The maximum atomic E-state index is 12.1. The van der Waals surface area contributed by atoms with Crippen molar-refractivity contribution in [2.24, 2.45) is 5.41 Å².